The smallest absolute Gasteiger partial charge is 0.252 e. The van der Waals surface area contributed by atoms with E-state index in [0.717, 1.165) is 0 Å². The molecule has 0 saturated carbocycles. The molecular formula is C19H18Cl2N4O2. The molecule has 2 aromatic rings. The Bertz CT molecular complexity index is 799. The van der Waals surface area contributed by atoms with Crippen LogP contribution in [0.5, 0.6) is 0 Å². The molecule has 2 N–H and O–H groups in total. The molecule has 0 aromatic heterocycles. The minimum Gasteiger partial charge on any atom is -0.272 e. The van der Waals surface area contributed by atoms with Crippen molar-refractivity contribution in [3.63, 3.8) is 0 Å². The Labute approximate surface area is 167 Å². The number of hydrazone groups is 2. The van der Waals surface area contributed by atoms with Crippen LogP contribution in [0.25, 0.3) is 0 Å². The molecule has 2 amide bonds. The lowest BCUT2D eigenvalue weighted by molar-refractivity contribution is -0.135. The normalized spacial score (nSPS) is 11.3. The molecule has 0 aliphatic rings. The number of benzene rings is 2. The molecule has 6 nitrogen and oxygen atoms in total. The van der Waals surface area contributed by atoms with Gasteiger partial charge in [-0.15, -0.1) is 0 Å². The average Bonchev–Trinajstić information content (AvgIpc) is 2.65. The van der Waals surface area contributed by atoms with Crippen LogP contribution in [0.4, 0.5) is 0 Å². The first kappa shape index (κ1) is 20.6. The van der Waals surface area contributed by atoms with Crippen molar-refractivity contribution in [1.29, 1.82) is 0 Å². The lowest BCUT2D eigenvalue weighted by atomic mass is 10.1. The van der Waals surface area contributed by atoms with E-state index >= 15 is 0 Å². The molecule has 0 saturated heterocycles. The zero-order valence-electron chi connectivity index (χ0n) is 14.5. The maximum absolute atomic E-state index is 12.2. The Morgan fingerprint density at radius 2 is 1.30 bits per heavy atom. The van der Waals surface area contributed by atoms with Crippen LogP contribution < -0.4 is 10.9 Å². The Morgan fingerprint density at radius 1 is 0.889 bits per heavy atom. The van der Waals surface area contributed by atoms with Gasteiger partial charge in [-0.05, 0) is 18.6 Å². The number of rotatable bonds is 7. The Hall–Kier alpha value is -2.70. The lowest BCUT2D eigenvalue weighted by Crippen LogP contribution is -2.37. The summed E-state index contributed by atoms with van der Waals surface area (Å²) in [7, 11) is 0. The number of carbonyl (C=O) groups excluding carboxylic acids is 2. The van der Waals surface area contributed by atoms with Crippen molar-refractivity contribution < 1.29 is 9.59 Å². The first-order valence-corrected chi connectivity index (χ1v) is 8.93. The molecule has 0 unspecified atom stereocenters. The summed E-state index contributed by atoms with van der Waals surface area (Å²) in [4.78, 5) is 24.4. The number of hydrogen-bond donors (Lipinski definition) is 2. The van der Waals surface area contributed by atoms with Crippen molar-refractivity contribution in [2.75, 3.05) is 0 Å². The molecule has 0 atom stereocenters. The number of halogens is 2. The zero-order chi connectivity index (χ0) is 19.6. The summed E-state index contributed by atoms with van der Waals surface area (Å²) in [5.74, 6) is -2.01. The summed E-state index contributed by atoms with van der Waals surface area (Å²) in [6.45, 7) is 1.72. The van der Waals surface area contributed by atoms with Gasteiger partial charge in [0.15, 0.2) is 0 Å². The molecule has 0 radical (unpaired) electrons. The third kappa shape index (κ3) is 6.20. The monoisotopic (exact) mass is 404 g/mol. The van der Waals surface area contributed by atoms with Gasteiger partial charge in [0.25, 0.3) is 11.8 Å². The van der Waals surface area contributed by atoms with Gasteiger partial charge in [0.05, 0.1) is 12.4 Å². The molecule has 0 spiro atoms. The van der Waals surface area contributed by atoms with Crippen molar-refractivity contribution in [2.24, 2.45) is 16.1 Å². The molecule has 140 valence electrons. The number of nitrogens with zero attached hydrogens (tertiary/aromatic N) is 2. The molecular weight excluding hydrogens is 387 g/mol. The lowest BCUT2D eigenvalue weighted by Gasteiger charge is -2.10. The van der Waals surface area contributed by atoms with Crippen LogP contribution in [-0.2, 0) is 9.59 Å². The second-order valence-electron chi connectivity index (χ2n) is 5.47. The van der Waals surface area contributed by atoms with Gasteiger partial charge in [0, 0.05) is 21.2 Å². The number of hydrogen-bond acceptors (Lipinski definition) is 4. The Kier molecular flexibility index (Phi) is 7.98. The molecule has 0 heterocycles. The van der Waals surface area contributed by atoms with Crippen LogP contribution in [0.15, 0.2) is 58.7 Å². The molecule has 0 aliphatic carbocycles. The van der Waals surface area contributed by atoms with E-state index in [1.54, 1.807) is 55.5 Å². The largest absolute Gasteiger partial charge is 0.272 e. The highest BCUT2D eigenvalue weighted by Gasteiger charge is 2.24. The molecule has 27 heavy (non-hydrogen) atoms. The van der Waals surface area contributed by atoms with Crippen LogP contribution in [0.1, 0.15) is 24.5 Å². The highest BCUT2D eigenvalue weighted by Crippen LogP contribution is 2.13. The standard InChI is InChI=1S/C19H18Cl2N4O2/c1-2-15(18(26)24-22-11-13-7-3-5-9-16(13)20)19(27)25-23-12-14-8-4-6-10-17(14)21/h3-12,15H,2H2,1H3,(H,24,26)(H,25,27)/b22-11+,23-12+. The second-order valence-corrected chi connectivity index (χ2v) is 6.29. The van der Waals surface area contributed by atoms with Gasteiger partial charge in [-0.1, -0.05) is 66.5 Å². The van der Waals surface area contributed by atoms with Gasteiger partial charge in [0.1, 0.15) is 5.92 Å². The third-order valence-electron chi connectivity index (χ3n) is 3.61. The summed E-state index contributed by atoms with van der Waals surface area (Å²) in [6, 6.07) is 14.1. The summed E-state index contributed by atoms with van der Waals surface area (Å²) in [5, 5.41) is 8.71. The fourth-order valence-corrected chi connectivity index (χ4v) is 2.51. The van der Waals surface area contributed by atoms with E-state index in [0.29, 0.717) is 27.6 Å². The Balaban J connectivity index is 1.92. The minimum absolute atomic E-state index is 0.293. The van der Waals surface area contributed by atoms with Crippen LogP contribution in [0.3, 0.4) is 0 Å². The number of carbonyl (C=O) groups is 2. The van der Waals surface area contributed by atoms with Crippen molar-refractivity contribution in [2.45, 2.75) is 13.3 Å². The van der Waals surface area contributed by atoms with E-state index in [1.807, 2.05) is 0 Å². The molecule has 2 aromatic carbocycles. The first-order valence-electron chi connectivity index (χ1n) is 8.17. The highest BCUT2D eigenvalue weighted by atomic mass is 35.5. The predicted octanol–water partition coefficient (Wildman–Crippen LogP) is 3.62. The van der Waals surface area contributed by atoms with Gasteiger partial charge in [-0.25, -0.2) is 10.9 Å². The molecule has 0 fully saturated rings. The fourth-order valence-electron chi connectivity index (χ4n) is 2.14. The topological polar surface area (TPSA) is 82.9 Å². The average molecular weight is 405 g/mol. The van der Waals surface area contributed by atoms with E-state index in [1.165, 1.54) is 12.4 Å². The summed E-state index contributed by atoms with van der Waals surface area (Å²) < 4.78 is 0. The SMILES string of the molecule is CCC(C(=O)N/N=C/c1ccccc1Cl)C(=O)N/N=C/c1ccccc1Cl. The van der Waals surface area contributed by atoms with E-state index in [2.05, 4.69) is 21.1 Å². The van der Waals surface area contributed by atoms with Gasteiger partial charge in [-0.2, -0.15) is 10.2 Å². The fraction of sp³-hybridized carbons (Fsp3) is 0.158. The maximum Gasteiger partial charge on any atom is 0.252 e. The first-order chi connectivity index (χ1) is 13.0. The van der Waals surface area contributed by atoms with Gasteiger partial charge < -0.3 is 0 Å². The van der Waals surface area contributed by atoms with Crippen LogP contribution in [0, 0.1) is 5.92 Å². The Morgan fingerprint density at radius 3 is 1.67 bits per heavy atom. The summed E-state index contributed by atoms with van der Waals surface area (Å²) in [6.07, 6.45) is 3.13. The third-order valence-corrected chi connectivity index (χ3v) is 4.30. The van der Waals surface area contributed by atoms with E-state index in [4.69, 9.17) is 23.2 Å². The van der Waals surface area contributed by atoms with Crippen molar-refractivity contribution in [1.82, 2.24) is 10.9 Å². The van der Waals surface area contributed by atoms with E-state index < -0.39 is 17.7 Å². The van der Waals surface area contributed by atoms with Crippen LogP contribution in [-0.4, -0.2) is 24.2 Å². The second kappa shape index (κ2) is 10.4. The van der Waals surface area contributed by atoms with Gasteiger partial charge in [0.2, 0.25) is 0 Å². The highest BCUT2D eigenvalue weighted by molar-refractivity contribution is 6.33. The summed E-state index contributed by atoms with van der Waals surface area (Å²) in [5.41, 5.74) is 6.00. The van der Waals surface area contributed by atoms with Crippen molar-refractivity contribution in [3.05, 3.63) is 69.7 Å². The maximum atomic E-state index is 12.2. The predicted molar refractivity (Wildman–Crippen MR) is 108 cm³/mol. The van der Waals surface area contributed by atoms with Gasteiger partial charge >= 0.3 is 0 Å². The summed E-state index contributed by atoms with van der Waals surface area (Å²) >= 11 is 12.0. The van der Waals surface area contributed by atoms with Crippen molar-refractivity contribution in [3.8, 4) is 0 Å². The molecule has 0 aliphatic heterocycles. The molecule has 2 rings (SSSR count). The molecule has 0 bridgehead atoms. The van der Waals surface area contributed by atoms with E-state index in [-0.39, 0.29) is 0 Å². The van der Waals surface area contributed by atoms with Gasteiger partial charge in [-0.3, -0.25) is 9.59 Å². The van der Waals surface area contributed by atoms with Crippen LogP contribution >= 0.6 is 23.2 Å². The minimum atomic E-state index is -0.934. The van der Waals surface area contributed by atoms with E-state index in [9.17, 15) is 9.59 Å². The van der Waals surface area contributed by atoms with Crippen LogP contribution in [0.2, 0.25) is 10.0 Å². The number of amides is 2. The van der Waals surface area contributed by atoms with Crippen molar-refractivity contribution >= 4 is 47.4 Å². The quantitative estimate of drug-likeness (QED) is 0.419. The zero-order valence-corrected chi connectivity index (χ0v) is 16.0. The molecule has 8 heteroatoms. The number of nitrogens with one attached hydrogen (secondary N) is 2.